The lowest BCUT2D eigenvalue weighted by atomic mass is 10.2. The Hall–Kier alpha value is -1.81. The Morgan fingerprint density at radius 1 is 1.41 bits per heavy atom. The van der Waals surface area contributed by atoms with E-state index in [1.54, 1.807) is 12.1 Å². The molecule has 0 spiro atoms. The number of carbonyl (C=O) groups is 1. The first-order chi connectivity index (χ1) is 8.08. The summed E-state index contributed by atoms with van der Waals surface area (Å²) in [6, 6.07) is 6.97. The predicted molar refractivity (Wildman–Crippen MR) is 64.6 cm³/mol. The molecule has 0 aliphatic heterocycles. The Kier molecular flexibility index (Phi) is 3.15. The number of nitrogens with zero attached hydrogens (tertiary/aromatic N) is 1. The minimum atomic E-state index is -1.03. The molecule has 0 radical (unpaired) electrons. The molecule has 0 aliphatic rings. The fourth-order valence-corrected chi connectivity index (χ4v) is 1.73. The van der Waals surface area contributed by atoms with Crippen molar-refractivity contribution >= 4 is 28.5 Å². The van der Waals surface area contributed by atoms with Crippen molar-refractivity contribution in [2.45, 2.75) is 6.92 Å². The molecular formula is C12H10ClNO3. The van der Waals surface area contributed by atoms with Gasteiger partial charge in [0.15, 0.2) is 6.61 Å². The highest BCUT2D eigenvalue weighted by molar-refractivity contribution is 6.35. The van der Waals surface area contributed by atoms with E-state index in [-0.39, 0.29) is 0 Å². The molecule has 0 fully saturated rings. The topological polar surface area (TPSA) is 59.4 Å². The molecule has 0 aliphatic carbocycles. The number of carboxylic acid groups (broad SMARTS) is 1. The molecule has 1 heterocycles. The summed E-state index contributed by atoms with van der Waals surface area (Å²) in [5.41, 5.74) is 1.40. The molecule has 0 saturated carbocycles. The van der Waals surface area contributed by atoms with E-state index >= 15 is 0 Å². The van der Waals surface area contributed by atoms with Gasteiger partial charge in [0, 0.05) is 11.1 Å². The monoisotopic (exact) mass is 251 g/mol. The Labute approximate surface area is 103 Å². The van der Waals surface area contributed by atoms with Crippen LogP contribution in [0.1, 0.15) is 5.69 Å². The van der Waals surface area contributed by atoms with Gasteiger partial charge < -0.3 is 9.84 Å². The number of hydrogen-bond acceptors (Lipinski definition) is 3. The second-order valence-corrected chi connectivity index (χ2v) is 3.98. The van der Waals surface area contributed by atoms with Gasteiger partial charge in [0.05, 0.1) is 5.02 Å². The summed E-state index contributed by atoms with van der Waals surface area (Å²) >= 11 is 6.03. The molecule has 1 N–H and O–H groups in total. The third-order valence-corrected chi connectivity index (χ3v) is 2.59. The smallest absolute Gasteiger partial charge is 0.341 e. The summed E-state index contributed by atoms with van der Waals surface area (Å²) < 4.78 is 5.17. The van der Waals surface area contributed by atoms with Gasteiger partial charge in [-0.15, -0.1) is 0 Å². The first-order valence-corrected chi connectivity index (χ1v) is 5.36. The van der Waals surface area contributed by atoms with Gasteiger partial charge in [-0.3, -0.25) is 0 Å². The largest absolute Gasteiger partial charge is 0.480 e. The minimum absolute atomic E-state index is 0.396. The highest BCUT2D eigenvalue weighted by Crippen LogP contribution is 2.30. The van der Waals surface area contributed by atoms with Gasteiger partial charge in [-0.25, -0.2) is 9.78 Å². The summed E-state index contributed by atoms with van der Waals surface area (Å²) in [5.74, 6) is -0.601. The number of halogens is 1. The number of hydrogen-bond donors (Lipinski definition) is 1. The van der Waals surface area contributed by atoms with Crippen molar-refractivity contribution in [2.75, 3.05) is 6.61 Å². The van der Waals surface area contributed by atoms with Crippen LogP contribution in [0.4, 0.5) is 0 Å². The van der Waals surface area contributed by atoms with Crippen molar-refractivity contribution in [1.82, 2.24) is 4.98 Å². The van der Waals surface area contributed by atoms with Crippen molar-refractivity contribution < 1.29 is 14.6 Å². The molecule has 0 unspecified atom stereocenters. The quantitative estimate of drug-likeness (QED) is 0.911. The van der Waals surface area contributed by atoms with E-state index in [1.165, 1.54) is 0 Å². The molecule has 0 bridgehead atoms. The molecule has 2 aromatic rings. The molecule has 1 aromatic heterocycles. The highest BCUT2D eigenvalue weighted by atomic mass is 35.5. The molecule has 88 valence electrons. The summed E-state index contributed by atoms with van der Waals surface area (Å²) in [6.45, 7) is 1.45. The van der Waals surface area contributed by atoms with Crippen molar-refractivity contribution in [3.8, 4) is 5.75 Å². The Bertz CT molecular complexity index is 583. The first-order valence-electron chi connectivity index (χ1n) is 4.98. The van der Waals surface area contributed by atoms with Crippen LogP contribution in [0.3, 0.4) is 0 Å². The average molecular weight is 252 g/mol. The molecule has 5 heteroatoms. The molecule has 4 nitrogen and oxygen atoms in total. The van der Waals surface area contributed by atoms with E-state index in [1.807, 2.05) is 19.1 Å². The maximum Gasteiger partial charge on any atom is 0.341 e. The minimum Gasteiger partial charge on any atom is -0.480 e. The molecule has 2 rings (SSSR count). The summed E-state index contributed by atoms with van der Waals surface area (Å²) in [5, 5.41) is 9.90. The Balaban J connectivity index is 2.52. The fourth-order valence-electron chi connectivity index (χ4n) is 1.51. The number of carboxylic acids is 1. The predicted octanol–water partition coefficient (Wildman–Crippen LogP) is 2.66. The third-order valence-electron chi connectivity index (χ3n) is 2.26. The first kappa shape index (κ1) is 11.7. The van der Waals surface area contributed by atoms with E-state index in [4.69, 9.17) is 21.4 Å². The zero-order valence-electron chi connectivity index (χ0n) is 9.11. The second-order valence-electron chi connectivity index (χ2n) is 3.58. The van der Waals surface area contributed by atoms with E-state index < -0.39 is 12.6 Å². The van der Waals surface area contributed by atoms with Crippen LogP contribution >= 0.6 is 11.6 Å². The normalized spacial score (nSPS) is 10.5. The van der Waals surface area contributed by atoms with Gasteiger partial charge in [-0.05, 0) is 31.2 Å². The van der Waals surface area contributed by atoms with Crippen molar-refractivity contribution in [3.63, 3.8) is 0 Å². The van der Waals surface area contributed by atoms with Gasteiger partial charge in [-0.1, -0.05) is 11.6 Å². The lowest BCUT2D eigenvalue weighted by Gasteiger charge is -2.08. The molecule has 0 atom stereocenters. The van der Waals surface area contributed by atoms with Crippen molar-refractivity contribution in [2.24, 2.45) is 0 Å². The Morgan fingerprint density at radius 3 is 2.88 bits per heavy atom. The van der Waals surface area contributed by atoms with Crippen LogP contribution in [-0.2, 0) is 4.79 Å². The van der Waals surface area contributed by atoms with Gasteiger partial charge in [0.25, 0.3) is 0 Å². The van der Waals surface area contributed by atoms with E-state index in [2.05, 4.69) is 4.98 Å². The summed E-state index contributed by atoms with van der Waals surface area (Å²) in [7, 11) is 0. The van der Waals surface area contributed by atoms with Crippen LogP contribution < -0.4 is 4.74 Å². The number of ether oxygens (including phenoxy) is 1. The highest BCUT2D eigenvalue weighted by Gasteiger charge is 2.09. The standard InChI is InChI=1S/C12H10ClNO3/c1-7-2-3-8-9(13)4-5-10(12(8)14-7)17-6-11(15)16/h2-5H,6H2,1H3,(H,15,16). The van der Waals surface area contributed by atoms with Gasteiger partial charge in [0.2, 0.25) is 0 Å². The second kappa shape index (κ2) is 4.59. The van der Waals surface area contributed by atoms with Crippen LogP contribution in [-0.4, -0.2) is 22.7 Å². The number of aromatic nitrogens is 1. The number of fused-ring (bicyclic) bond motifs is 1. The third kappa shape index (κ3) is 2.47. The maximum atomic E-state index is 10.5. The van der Waals surface area contributed by atoms with Crippen LogP contribution in [0.25, 0.3) is 10.9 Å². The van der Waals surface area contributed by atoms with Crippen molar-refractivity contribution in [1.29, 1.82) is 0 Å². The van der Waals surface area contributed by atoms with Crippen LogP contribution in [0, 0.1) is 6.92 Å². The molecular weight excluding hydrogens is 242 g/mol. The number of benzene rings is 1. The van der Waals surface area contributed by atoms with Crippen molar-refractivity contribution in [3.05, 3.63) is 35.0 Å². The SMILES string of the molecule is Cc1ccc2c(Cl)ccc(OCC(=O)O)c2n1. The van der Waals surface area contributed by atoms with Crippen LogP contribution in [0.2, 0.25) is 5.02 Å². The van der Waals surface area contributed by atoms with Crippen LogP contribution in [0.15, 0.2) is 24.3 Å². The summed E-state index contributed by atoms with van der Waals surface area (Å²) in [4.78, 5) is 14.8. The van der Waals surface area contributed by atoms with Gasteiger partial charge >= 0.3 is 5.97 Å². The summed E-state index contributed by atoms with van der Waals surface area (Å²) in [6.07, 6.45) is 0. The van der Waals surface area contributed by atoms with Gasteiger partial charge in [0.1, 0.15) is 11.3 Å². The average Bonchev–Trinajstić information content (AvgIpc) is 2.28. The lowest BCUT2D eigenvalue weighted by Crippen LogP contribution is -2.09. The van der Waals surface area contributed by atoms with E-state index in [0.717, 1.165) is 11.1 Å². The molecule has 1 aromatic carbocycles. The fraction of sp³-hybridized carbons (Fsp3) is 0.167. The molecule has 0 saturated heterocycles. The number of aryl methyl sites for hydroxylation is 1. The van der Waals surface area contributed by atoms with E-state index in [9.17, 15) is 4.79 Å². The number of rotatable bonds is 3. The van der Waals surface area contributed by atoms with Crippen LogP contribution in [0.5, 0.6) is 5.75 Å². The lowest BCUT2D eigenvalue weighted by molar-refractivity contribution is -0.139. The van der Waals surface area contributed by atoms with E-state index in [0.29, 0.717) is 16.3 Å². The van der Waals surface area contributed by atoms with Gasteiger partial charge in [-0.2, -0.15) is 0 Å². The zero-order valence-corrected chi connectivity index (χ0v) is 9.86. The number of aliphatic carboxylic acids is 1. The zero-order chi connectivity index (χ0) is 12.4. The molecule has 0 amide bonds. The molecule has 17 heavy (non-hydrogen) atoms. The maximum absolute atomic E-state index is 10.5. The Morgan fingerprint density at radius 2 is 2.18 bits per heavy atom. The number of pyridine rings is 1.